The van der Waals surface area contributed by atoms with Gasteiger partial charge in [0.05, 0.1) is 5.60 Å². The lowest BCUT2D eigenvalue weighted by Gasteiger charge is -2.39. The van der Waals surface area contributed by atoms with Crippen LogP contribution in [0.25, 0.3) is 0 Å². The average molecular weight is 252 g/mol. The molecule has 3 rings (SSSR count). The number of hydrogen-bond donors (Lipinski definition) is 1. The van der Waals surface area contributed by atoms with E-state index in [9.17, 15) is 4.79 Å². The summed E-state index contributed by atoms with van der Waals surface area (Å²) in [7, 11) is 0. The third-order valence-corrected chi connectivity index (χ3v) is 4.87. The summed E-state index contributed by atoms with van der Waals surface area (Å²) >= 11 is 0. The highest BCUT2D eigenvalue weighted by molar-refractivity contribution is 5.78. The largest absolute Gasteiger partial charge is 0.363 e. The van der Waals surface area contributed by atoms with Crippen LogP contribution in [0.15, 0.2) is 0 Å². The lowest BCUT2D eigenvalue weighted by Crippen LogP contribution is -2.59. The van der Waals surface area contributed by atoms with Crippen molar-refractivity contribution in [2.45, 2.75) is 50.7 Å². The van der Waals surface area contributed by atoms with Gasteiger partial charge in [-0.3, -0.25) is 4.79 Å². The molecule has 4 nitrogen and oxygen atoms in total. The van der Waals surface area contributed by atoms with Crippen LogP contribution in [0.3, 0.4) is 0 Å². The molecular formula is C14H24N2O2. The lowest BCUT2D eigenvalue weighted by molar-refractivity contribution is -0.147. The number of likely N-dealkylation sites (tertiary alicyclic amines) is 1. The topological polar surface area (TPSA) is 41.6 Å². The van der Waals surface area contributed by atoms with Crippen molar-refractivity contribution in [3.05, 3.63) is 0 Å². The standard InChI is InChI=1S/C14H24N2O2/c1-14(9-15-10-14)18-8-13(17)16-7-6-11-4-2-3-5-12(11)16/h11-12,15H,2-10H2,1H3. The normalized spacial score (nSPS) is 33.9. The first-order valence-corrected chi connectivity index (χ1v) is 7.32. The molecule has 18 heavy (non-hydrogen) atoms. The molecule has 0 aromatic heterocycles. The van der Waals surface area contributed by atoms with E-state index in [1.54, 1.807) is 0 Å². The zero-order valence-corrected chi connectivity index (χ0v) is 11.3. The van der Waals surface area contributed by atoms with Crippen LogP contribution in [-0.2, 0) is 9.53 Å². The minimum Gasteiger partial charge on any atom is -0.363 e. The first kappa shape index (κ1) is 12.4. The van der Waals surface area contributed by atoms with E-state index in [1.807, 2.05) is 0 Å². The van der Waals surface area contributed by atoms with Gasteiger partial charge in [-0.15, -0.1) is 0 Å². The number of fused-ring (bicyclic) bond motifs is 1. The van der Waals surface area contributed by atoms with Crippen molar-refractivity contribution in [3.63, 3.8) is 0 Å². The number of ether oxygens (including phenoxy) is 1. The van der Waals surface area contributed by atoms with Crippen LogP contribution in [0.4, 0.5) is 0 Å². The maximum absolute atomic E-state index is 12.3. The van der Waals surface area contributed by atoms with E-state index in [0.717, 1.165) is 25.6 Å². The molecule has 3 aliphatic rings. The van der Waals surface area contributed by atoms with Crippen molar-refractivity contribution < 1.29 is 9.53 Å². The minimum atomic E-state index is -0.110. The molecule has 0 aromatic carbocycles. The molecule has 0 radical (unpaired) electrons. The molecule has 4 heteroatoms. The Labute approximate surface area is 109 Å². The molecule has 2 aliphatic heterocycles. The number of nitrogens with zero attached hydrogens (tertiary/aromatic N) is 1. The summed E-state index contributed by atoms with van der Waals surface area (Å²) in [6, 6.07) is 0.516. The fourth-order valence-corrected chi connectivity index (χ4v) is 3.61. The number of nitrogens with one attached hydrogen (secondary N) is 1. The highest BCUT2D eigenvalue weighted by Crippen LogP contribution is 2.36. The summed E-state index contributed by atoms with van der Waals surface area (Å²) in [5.41, 5.74) is -0.110. The van der Waals surface area contributed by atoms with E-state index < -0.39 is 0 Å². The zero-order chi connectivity index (χ0) is 12.6. The molecule has 0 bridgehead atoms. The van der Waals surface area contributed by atoms with Gasteiger partial charge in [0.25, 0.3) is 0 Å². The van der Waals surface area contributed by atoms with Crippen LogP contribution in [0.2, 0.25) is 0 Å². The summed E-state index contributed by atoms with van der Waals surface area (Å²) in [5.74, 6) is 0.973. The summed E-state index contributed by atoms with van der Waals surface area (Å²) in [6.07, 6.45) is 6.36. The molecule has 2 saturated heterocycles. The Morgan fingerprint density at radius 3 is 2.83 bits per heavy atom. The Kier molecular flexibility index (Phi) is 3.32. The number of rotatable bonds is 3. The SMILES string of the molecule is CC1(OCC(=O)N2CCC3CCCCC32)CNC1. The molecule has 2 unspecified atom stereocenters. The van der Waals surface area contributed by atoms with Crippen LogP contribution in [0.1, 0.15) is 39.0 Å². The van der Waals surface area contributed by atoms with E-state index >= 15 is 0 Å². The van der Waals surface area contributed by atoms with Crippen LogP contribution in [0, 0.1) is 5.92 Å². The van der Waals surface area contributed by atoms with Crippen molar-refractivity contribution in [1.29, 1.82) is 0 Å². The predicted octanol–water partition coefficient (Wildman–Crippen LogP) is 1.16. The van der Waals surface area contributed by atoms with Gasteiger partial charge in [0.15, 0.2) is 0 Å². The van der Waals surface area contributed by atoms with Gasteiger partial charge in [-0.25, -0.2) is 0 Å². The molecule has 1 saturated carbocycles. The third-order valence-electron chi connectivity index (χ3n) is 4.87. The van der Waals surface area contributed by atoms with Gasteiger partial charge in [-0.1, -0.05) is 12.8 Å². The Hall–Kier alpha value is -0.610. The Morgan fingerprint density at radius 2 is 2.11 bits per heavy atom. The summed E-state index contributed by atoms with van der Waals surface area (Å²) in [4.78, 5) is 14.4. The summed E-state index contributed by atoms with van der Waals surface area (Å²) < 4.78 is 5.77. The van der Waals surface area contributed by atoms with E-state index in [4.69, 9.17) is 4.74 Å². The summed E-state index contributed by atoms with van der Waals surface area (Å²) in [5, 5.41) is 3.19. The smallest absolute Gasteiger partial charge is 0.248 e. The monoisotopic (exact) mass is 252 g/mol. The van der Waals surface area contributed by atoms with Gasteiger partial charge in [0.1, 0.15) is 6.61 Å². The lowest BCUT2D eigenvalue weighted by atomic mass is 9.85. The average Bonchev–Trinajstić information content (AvgIpc) is 2.77. The van der Waals surface area contributed by atoms with Crippen molar-refractivity contribution in [2.75, 3.05) is 26.2 Å². The Balaban J connectivity index is 1.52. The maximum atomic E-state index is 12.3. The molecule has 1 aliphatic carbocycles. The molecule has 0 aromatic rings. The molecular weight excluding hydrogens is 228 g/mol. The Morgan fingerprint density at radius 1 is 1.33 bits per heavy atom. The fourth-order valence-electron chi connectivity index (χ4n) is 3.61. The third kappa shape index (κ3) is 2.28. The minimum absolute atomic E-state index is 0.110. The van der Waals surface area contributed by atoms with Gasteiger partial charge in [-0.2, -0.15) is 0 Å². The second-order valence-electron chi connectivity index (χ2n) is 6.33. The van der Waals surface area contributed by atoms with E-state index in [-0.39, 0.29) is 18.1 Å². The first-order chi connectivity index (χ1) is 8.68. The fraction of sp³-hybridized carbons (Fsp3) is 0.929. The van der Waals surface area contributed by atoms with E-state index in [1.165, 1.54) is 32.1 Å². The van der Waals surface area contributed by atoms with Crippen molar-refractivity contribution in [2.24, 2.45) is 5.92 Å². The van der Waals surface area contributed by atoms with Gasteiger partial charge in [0, 0.05) is 25.7 Å². The molecule has 1 N–H and O–H groups in total. The van der Waals surface area contributed by atoms with Crippen LogP contribution < -0.4 is 5.32 Å². The quantitative estimate of drug-likeness (QED) is 0.819. The number of hydrogen-bond acceptors (Lipinski definition) is 3. The highest BCUT2D eigenvalue weighted by Gasteiger charge is 2.39. The second-order valence-corrected chi connectivity index (χ2v) is 6.33. The molecule has 2 atom stereocenters. The first-order valence-electron chi connectivity index (χ1n) is 7.32. The molecule has 102 valence electrons. The molecule has 2 heterocycles. The summed E-state index contributed by atoms with van der Waals surface area (Å²) in [6.45, 7) is 5.02. The second kappa shape index (κ2) is 4.82. The van der Waals surface area contributed by atoms with Gasteiger partial charge >= 0.3 is 0 Å². The van der Waals surface area contributed by atoms with Crippen LogP contribution >= 0.6 is 0 Å². The van der Waals surface area contributed by atoms with E-state index in [0.29, 0.717) is 6.04 Å². The van der Waals surface area contributed by atoms with Crippen molar-refractivity contribution in [1.82, 2.24) is 10.2 Å². The van der Waals surface area contributed by atoms with Gasteiger partial charge in [0.2, 0.25) is 5.91 Å². The zero-order valence-electron chi connectivity index (χ0n) is 11.3. The number of amides is 1. The molecule has 3 fully saturated rings. The van der Waals surface area contributed by atoms with Gasteiger partial charge < -0.3 is 15.0 Å². The predicted molar refractivity (Wildman–Crippen MR) is 69.3 cm³/mol. The van der Waals surface area contributed by atoms with Crippen molar-refractivity contribution >= 4 is 5.91 Å². The van der Waals surface area contributed by atoms with Crippen LogP contribution in [0.5, 0.6) is 0 Å². The molecule has 1 amide bonds. The number of carbonyl (C=O) groups excluding carboxylic acids is 1. The highest BCUT2D eigenvalue weighted by atomic mass is 16.5. The maximum Gasteiger partial charge on any atom is 0.248 e. The molecule has 0 spiro atoms. The Bertz CT molecular complexity index is 328. The van der Waals surface area contributed by atoms with Crippen LogP contribution in [-0.4, -0.2) is 48.7 Å². The van der Waals surface area contributed by atoms with Crippen molar-refractivity contribution in [3.8, 4) is 0 Å². The number of carbonyl (C=O) groups is 1. The van der Waals surface area contributed by atoms with E-state index in [2.05, 4.69) is 17.1 Å². The van der Waals surface area contributed by atoms with Gasteiger partial charge in [-0.05, 0) is 32.1 Å².